The Bertz CT molecular complexity index is 3590. The van der Waals surface area contributed by atoms with Crippen molar-refractivity contribution in [2.45, 2.75) is 10.8 Å². The van der Waals surface area contributed by atoms with Crippen LogP contribution in [0.2, 0.25) is 0 Å². The molecular formula is C62H39NS. The van der Waals surface area contributed by atoms with Crippen LogP contribution in [-0.4, -0.2) is 0 Å². The molecule has 1 aromatic heterocycles. The maximum Gasteiger partial charge on any atom is 0.0720 e. The topological polar surface area (TPSA) is 3.24 Å². The van der Waals surface area contributed by atoms with Gasteiger partial charge < -0.3 is 4.90 Å². The van der Waals surface area contributed by atoms with Crippen LogP contribution in [0.5, 0.6) is 0 Å². The summed E-state index contributed by atoms with van der Waals surface area (Å²) in [6.07, 6.45) is 0. The van der Waals surface area contributed by atoms with Crippen molar-refractivity contribution in [1.82, 2.24) is 0 Å². The zero-order valence-corrected chi connectivity index (χ0v) is 35.7. The van der Waals surface area contributed by atoms with Gasteiger partial charge in [0.1, 0.15) is 0 Å². The van der Waals surface area contributed by atoms with E-state index in [0.717, 1.165) is 17.1 Å². The number of para-hydroxylation sites is 1. The number of fused-ring (bicyclic) bond motifs is 19. The average Bonchev–Trinajstić information content (AvgIpc) is 3.99. The van der Waals surface area contributed by atoms with Crippen LogP contribution in [0.15, 0.2) is 237 Å². The van der Waals surface area contributed by atoms with Crippen molar-refractivity contribution in [3.63, 3.8) is 0 Å². The maximum absolute atomic E-state index is 2.43. The Morgan fingerprint density at radius 2 is 0.719 bits per heavy atom. The Balaban J connectivity index is 0.972. The van der Waals surface area contributed by atoms with E-state index in [9.17, 15) is 0 Å². The molecule has 0 unspecified atom stereocenters. The predicted molar refractivity (Wildman–Crippen MR) is 268 cm³/mol. The van der Waals surface area contributed by atoms with Gasteiger partial charge in [0, 0.05) is 37.2 Å². The molecule has 1 heterocycles. The zero-order chi connectivity index (χ0) is 42.0. The fourth-order valence-corrected chi connectivity index (χ4v) is 13.3. The molecule has 0 atom stereocenters. The lowest BCUT2D eigenvalue weighted by molar-refractivity contribution is 0.633. The first-order valence-electron chi connectivity index (χ1n) is 22.3. The van der Waals surface area contributed by atoms with E-state index in [1.807, 2.05) is 11.3 Å². The summed E-state index contributed by atoms with van der Waals surface area (Å²) >= 11 is 1.86. The first-order valence-corrected chi connectivity index (χ1v) is 23.1. The number of nitrogens with zero attached hydrogens (tertiary/aromatic N) is 1. The fourth-order valence-electron chi connectivity index (χ4n) is 12.2. The molecule has 2 spiro atoms. The molecule has 14 rings (SSSR count). The highest BCUT2D eigenvalue weighted by molar-refractivity contribution is 7.25. The molecule has 3 aliphatic carbocycles. The number of anilines is 3. The molecule has 11 aromatic rings. The molecule has 64 heavy (non-hydrogen) atoms. The van der Waals surface area contributed by atoms with E-state index in [1.165, 1.54) is 98.1 Å². The Labute approximate surface area is 376 Å². The lowest BCUT2D eigenvalue weighted by atomic mass is 9.52. The monoisotopic (exact) mass is 829 g/mol. The summed E-state index contributed by atoms with van der Waals surface area (Å²) < 4.78 is 2.62. The van der Waals surface area contributed by atoms with Crippen molar-refractivity contribution in [3.05, 3.63) is 281 Å². The molecule has 2 heteroatoms. The van der Waals surface area contributed by atoms with E-state index >= 15 is 0 Å². The molecule has 0 aliphatic heterocycles. The van der Waals surface area contributed by atoms with Gasteiger partial charge in [-0.05, 0) is 126 Å². The van der Waals surface area contributed by atoms with Crippen molar-refractivity contribution in [1.29, 1.82) is 0 Å². The average molecular weight is 830 g/mol. The summed E-state index contributed by atoms with van der Waals surface area (Å²) in [6, 6.07) is 88.9. The predicted octanol–water partition coefficient (Wildman–Crippen LogP) is 16.2. The van der Waals surface area contributed by atoms with Gasteiger partial charge in [0.05, 0.1) is 10.8 Å². The number of rotatable bonds is 4. The van der Waals surface area contributed by atoms with Gasteiger partial charge in [-0.1, -0.05) is 188 Å². The summed E-state index contributed by atoms with van der Waals surface area (Å²) in [4.78, 5) is 2.39. The lowest BCUT2D eigenvalue weighted by Gasteiger charge is -2.48. The second-order valence-electron chi connectivity index (χ2n) is 17.5. The Morgan fingerprint density at radius 1 is 0.281 bits per heavy atom. The fraction of sp³-hybridized carbons (Fsp3) is 0.0323. The van der Waals surface area contributed by atoms with Crippen LogP contribution in [0, 0.1) is 0 Å². The summed E-state index contributed by atoms with van der Waals surface area (Å²) in [5.74, 6) is 0. The van der Waals surface area contributed by atoms with Crippen molar-refractivity contribution < 1.29 is 0 Å². The normalized spacial score (nSPS) is 14.2. The number of thiophene rings is 1. The molecule has 3 aliphatic rings. The van der Waals surface area contributed by atoms with Crippen molar-refractivity contribution >= 4 is 48.6 Å². The number of hydrogen-bond donors (Lipinski definition) is 0. The van der Waals surface area contributed by atoms with Crippen LogP contribution >= 0.6 is 11.3 Å². The van der Waals surface area contributed by atoms with Crippen molar-refractivity contribution in [2.75, 3.05) is 4.90 Å². The van der Waals surface area contributed by atoms with Gasteiger partial charge in [-0.15, -0.1) is 11.3 Å². The number of hydrogen-bond acceptors (Lipinski definition) is 2. The third kappa shape index (κ3) is 4.57. The van der Waals surface area contributed by atoms with E-state index in [1.54, 1.807) is 0 Å². The van der Waals surface area contributed by atoms with E-state index in [-0.39, 0.29) is 0 Å². The van der Waals surface area contributed by atoms with Crippen LogP contribution in [0.3, 0.4) is 0 Å². The third-order valence-electron chi connectivity index (χ3n) is 14.6. The van der Waals surface area contributed by atoms with Gasteiger partial charge in [-0.2, -0.15) is 0 Å². The summed E-state index contributed by atoms with van der Waals surface area (Å²) in [5, 5.41) is 2.60. The molecule has 0 saturated carbocycles. The van der Waals surface area contributed by atoms with E-state index in [2.05, 4.69) is 241 Å². The first kappa shape index (κ1) is 35.8. The molecule has 10 aromatic carbocycles. The lowest BCUT2D eigenvalue weighted by Crippen LogP contribution is -2.43. The zero-order valence-electron chi connectivity index (χ0n) is 34.9. The van der Waals surface area contributed by atoms with Gasteiger partial charge in [0.2, 0.25) is 0 Å². The molecule has 1 nitrogen and oxygen atoms in total. The quantitative estimate of drug-likeness (QED) is 0.171. The second-order valence-corrected chi connectivity index (χ2v) is 18.5. The van der Waals surface area contributed by atoms with E-state index < -0.39 is 10.8 Å². The van der Waals surface area contributed by atoms with Crippen molar-refractivity contribution in [2.24, 2.45) is 0 Å². The van der Waals surface area contributed by atoms with Gasteiger partial charge in [-0.3, -0.25) is 0 Å². The number of benzene rings is 10. The highest BCUT2D eigenvalue weighted by Crippen LogP contribution is 2.68. The molecular weight excluding hydrogens is 791 g/mol. The Morgan fingerprint density at radius 3 is 1.36 bits per heavy atom. The summed E-state index contributed by atoms with van der Waals surface area (Å²) in [7, 11) is 0. The van der Waals surface area contributed by atoms with Gasteiger partial charge in [0.25, 0.3) is 0 Å². The van der Waals surface area contributed by atoms with Crippen LogP contribution in [0.1, 0.15) is 44.5 Å². The van der Waals surface area contributed by atoms with Crippen molar-refractivity contribution in [3.8, 4) is 33.4 Å². The minimum Gasteiger partial charge on any atom is -0.310 e. The summed E-state index contributed by atoms with van der Waals surface area (Å²) in [5.41, 5.74) is 20.9. The molecule has 0 radical (unpaired) electrons. The Kier molecular flexibility index (Phi) is 7.47. The van der Waals surface area contributed by atoms with E-state index in [4.69, 9.17) is 0 Å². The van der Waals surface area contributed by atoms with Gasteiger partial charge in [-0.25, -0.2) is 0 Å². The highest BCUT2D eigenvalue weighted by atomic mass is 32.1. The van der Waals surface area contributed by atoms with Crippen LogP contribution in [0.4, 0.5) is 17.1 Å². The molecule has 0 fully saturated rings. The van der Waals surface area contributed by atoms with Crippen LogP contribution in [0.25, 0.3) is 53.6 Å². The largest absolute Gasteiger partial charge is 0.310 e. The molecule has 0 N–H and O–H groups in total. The Hall–Kier alpha value is -7.78. The first-order chi connectivity index (χ1) is 31.8. The summed E-state index contributed by atoms with van der Waals surface area (Å²) in [6.45, 7) is 0. The smallest absolute Gasteiger partial charge is 0.0720 e. The van der Waals surface area contributed by atoms with Crippen LogP contribution < -0.4 is 4.90 Å². The standard InChI is InChI=1S/C62H39NS/c1-2-17-41(18-3-1)63(43-37-38-59-49(39-43)47-21-7-15-32-58(47)64-59)42-35-33-40(34-36-42)44-23-16-31-57-60(44)48-22-6-10-26-52(48)62(57)55-29-13-11-27-53(55)61(54-28-12-14-30-56(54)62)50-24-8-4-19-45(50)46-20-5-9-25-51(46)61/h1-39H. The highest BCUT2D eigenvalue weighted by Gasteiger charge is 2.59. The SMILES string of the molecule is c1ccc(N(c2ccc(-c3cccc4c3-c3ccccc3C43c4ccccc4C4(c5ccccc5-c5ccccc54)c4ccccc43)cc2)c2ccc3sc4ccccc4c3c2)cc1. The molecule has 0 bridgehead atoms. The molecule has 0 saturated heterocycles. The van der Waals surface area contributed by atoms with Gasteiger partial charge in [0.15, 0.2) is 0 Å². The van der Waals surface area contributed by atoms with E-state index in [0.29, 0.717) is 0 Å². The maximum atomic E-state index is 2.43. The van der Waals surface area contributed by atoms with Crippen LogP contribution in [-0.2, 0) is 10.8 Å². The van der Waals surface area contributed by atoms with Gasteiger partial charge >= 0.3 is 0 Å². The third-order valence-corrected chi connectivity index (χ3v) is 15.7. The molecule has 0 amide bonds. The minimum atomic E-state index is -0.526. The second kappa shape index (κ2) is 13.4. The minimum absolute atomic E-state index is 0.456. The molecule has 298 valence electrons.